The molecule has 0 radical (unpaired) electrons. The molecule has 4 rings (SSSR count). The minimum absolute atomic E-state index is 0.116. The molecule has 0 atom stereocenters. The van der Waals surface area contributed by atoms with Gasteiger partial charge < -0.3 is 4.90 Å². The molecule has 1 aromatic carbocycles. The second kappa shape index (κ2) is 6.94. The van der Waals surface area contributed by atoms with Gasteiger partial charge in [-0.3, -0.25) is 14.9 Å². The standard InChI is InChI=1S/C19H14F3N5O3/c1-11-15(10-24-26(11)17-5-3-13(9-23-17)19(20,21)22)18(28)25-7-6-12-2-4-14(27(29)30)8-16(12)25/h2-5,8-10H,6-7H2,1H3. The predicted octanol–water partition coefficient (Wildman–Crippen LogP) is 3.71. The molecule has 0 unspecified atom stereocenters. The Balaban J connectivity index is 1.65. The number of carbonyl (C=O) groups is 1. The summed E-state index contributed by atoms with van der Waals surface area (Å²) in [6, 6.07) is 6.44. The summed E-state index contributed by atoms with van der Waals surface area (Å²) < 4.78 is 39.5. The molecule has 1 aliphatic heterocycles. The molecule has 3 aromatic rings. The van der Waals surface area contributed by atoms with Crippen LogP contribution >= 0.6 is 0 Å². The number of nitro benzene ring substituents is 1. The number of rotatable bonds is 3. The maximum Gasteiger partial charge on any atom is 0.417 e. The van der Waals surface area contributed by atoms with Crippen LogP contribution in [-0.2, 0) is 12.6 Å². The van der Waals surface area contributed by atoms with Gasteiger partial charge in [0.15, 0.2) is 5.82 Å². The van der Waals surface area contributed by atoms with Gasteiger partial charge in [0.05, 0.1) is 33.6 Å². The number of carbonyl (C=O) groups excluding carboxylic acids is 1. The summed E-state index contributed by atoms with van der Waals surface area (Å²) in [6.07, 6.45) is -1.93. The molecule has 0 bridgehead atoms. The molecule has 0 fully saturated rings. The van der Waals surface area contributed by atoms with E-state index in [9.17, 15) is 28.1 Å². The number of benzene rings is 1. The maximum atomic E-state index is 13.1. The van der Waals surface area contributed by atoms with Gasteiger partial charge in [0, 0.05) is 24.9 Å². The number of fused-ring (bicyclic) bond motifs is 1. The number of non-ortho nitro benzene ring substituents is 1. The van der Waals surface area contributed by atoms with Gasteiger partial charge in [-0.15, -0.1) is 0 Å². The molecule has 1 aliphatic rings. The Hall–Kier alpha value is -3.76. The Bertz CT molecular complexity index is 1160. The Morgan fingerprint density at radius 1 is 1.20 bits per heavy atom. The van der Waals surface area contributed by atoms with E-state index in [2.05, 4.69) is 10.1 Å². The molecule has 0 saturated carbocycles. The van der Waals surface area contributed by atoms with E-state index >= 15 is 0 Å². The number of amides is 1. The molecule has 0 saturated heterocycles. The quantitative estimate of drug-likeness (QED) is 0.478. The Morgan fingerprint density at radius 2 is 1.97 bits per heavy atom. The predicted molar refractivity (Wildman–Crippen MR) is 99.6 cm³/mol. The lowest BCUT2D eigenvalue weighted by atomic mass is 10.1. The molecule has 30 heavy (non-hydrogen) atoms. The number of aromatic nitrogens is 3. The summed E-state index contributed by atoms with van der Waals surface area (Å²) in [5.41, 5.74) is 0.914. The smallest absolute Gasteiger partial charge is 0.307 e. The van der Waals surface area contributed by atoms with Crippen LogP contribution in [0.3, 0.4) is 0 Å². The molecule has 0 aliphatic carbocycles. The molecule has 154 valence electrons. The first-order valence-electron chi connectivity index (χ1n) is 8.84. The van der Waals surface area contributed by atoms with Crippen molar-refractivity contribution >= 4 is 17.3 Å². The molecule has 0 N–H and O–H groups in total. The van der Waals surface area contributed by atoms with E-state index in [1.165, 1.54) is 34.0 Å². The van der Waals surface area contributed by atoms with Crippen molar-refractivity contribution in [3.05, 3.63) is 75.2 Å². The Morgan fingerprint density at radius 3 is 2.60 bits per heavy atom. The fourth-order valence-electron chi connectivity index (χ4n) is 3.37. The van der Waals surface area contributed by atoms with Gasteiger partial charge in [-0.2, -0.15) is 18.3 Å². The van der Waals surface area contributed by atoms with Gasteiger partial charge >= 0.3 is 6.18 Å². The van der Waals surface area contributed by atoms with Crippen LogP contribution in [0, 0.1) is 17.0 Å². The van der Waals surface area contributed by atoms with Gasteiger partial charge in [0.2, 0.25) is 0 Å². The zero-order chi connectivity index (χ0) is 21.6. The van der Waals surface area contributed by atoms with Crippen LogP contribution in [0.25, 0.3) is 5.82 Å². The molecule has 8 nitrogen and oxygen atoms in total. The van der Waals surface area contributed by atoms with Crippen molar-refractivity contribution in [3.8, 4) is 5.82 Å². The van der Waals surface area contributed by atoms with Gasteiger partial charge in [-0.05, 0) is 31.0 Å². The highest BCUT2D eigenvalue weighted by Gasteiger charge is 2.32. The first-order valence-corrected chi connectivity index (χ1v) is 8.84. The maximum absolute atomic E-state index is 13.1. The third-order valence-electron chi connectivity index (χ3n) is 4.95. The van der Waals surface area contributed by atoms with Crippen LogP contribution < -0.4 is 4.90 Å². The molecular weight excluding hydrogens is 403 g/mol. The summed E-state index contributed by atoms with van der Waals surface area (Å²) in [5, 5.41) is 15.1. The van der Waals surface area contributed by atoms with Crippen LogP contribution in [0.4, 0.5) is 24.5 Å². The van der Waals surface area contributed by atoms with Crippen LogP contribution in [-0.4, -0.2) is 32.1 Å². The van der Waals surface area contributed by atoms with Crippen LogP contribution in [0.15, 0.2) is 42.7 Å². The Labute approximate surface area is 167 Å². The van der Waals surface area contributed by atoms with Crippen LogP contribution in [0.5, 0.6) is 0 Å². The number of hydrogen-bond donors (Lipinski definition) is 0. The van der Waals surface area contributed by atoms with Crippen LogP contribution in [0.1, 0.15) is 27.2 Å². The van der Waals surface area contributed by atoms with E-state index in [4.69, 9.17) is 0 Å². The summed E-state index contributed by atoms with van der Waals surface area (Å²) in [4.78, 5) is 28.8. The lowest BCUT2D eigenvalue weighted by Crippen LogP contribution is -2.29. The van der Waals surface area contributed by atoms with Crippen molar-refractivity contribution in [2.75, 3.05) is 11.4 Å². The van der Waals surface area contributed by atoms with Crippen LogP contribution in [0.2, 0.25) is 0 Å². The zero-order valence-electron chi connectivity index (χ0n) is 15.6. The lowest BCUT2D eigenvalue weighted by molar-refractivity contribution is -0.384. The van der Waals surface area contributed by atoms with E-state index in [-0.39, 0.29) is 17.1 Å². The average molecular weight is 417 g/mol. The average Bonchev–Trinajstić information content (AvgIpc) is 3.30. The number of nitrogens with zero attached hydrogens (tertiary/aromatic N) is 5. The zero-order valence-corrected chi connectivity index (χ0v) is 15.6. The molecule has 1 amide bonds. The monoisotopic (exact) mass is 417 g/mol. The van der Waals surface area contributed by atoms with E-state index in [1.807, 2.05) is 0 Å². The highest BCUT2D eigenvalue weighted by atomic mass is 19.4. The van der Waals surface area contributed by atoms with Gasteiger partial charge in [0.1, 0.15) is 0 Å². The van der Waals surface area contributed by atoms with Gasteiger partial charge in [-0.1, -0.05) is 6.07 Å². The number of anilines is 1. The summed E-state index contributed by atoms with van der Waals surface area (Å²) in [5.74, 6) is -0.262. The molecular formula is C19H14F3N5O3. The second-order valence-corrected chi connectivity index (χ2v) is 6.74. The van der Waals surface area contributed by atoms with Crippen molar-refractivity contribution < 1.29 is 22.9 Å². The van der Waals surface area contributed by atoms with E-state index in [0.717, 1.165) is 11.6 Å². The molecule has 2 aromatic heterocycles. The van der Waals surface area contributed by atoms with Crippen molar-refractivity contribution in [1.29, 1.82) is 0 Å². The van der Waals surface area contributed by atoms with Crippen molar-refractivity contribution in [2.24, 2.45) is 0 Å². The number of alkyl halides is 3. The largest absolute Gasteiger partial charge is 0.417 e. The first-order chi connectivity index (χ1) is 14.2. The van der Waals surface area contributed by atoms with E-state index in [1.54, 1.807) is 13.0 Å². The minimum Gasteiger partial charge on any atom is -0.307 e. The number of nitro groups is 1. The van der Waals surface area contributed by atoms with Crippen molar-refractivity contribution in [1.82, 2.24) is 14.8 Å². The van der Waals surface area contributed by atoms with Crippen molar-refractivity contribution in [2.45, 2.75) is 19.5 Å². The van der Waals surface area contributed by atoms with Gasteiger partial charge in [0.25, 0.3) is 11.6 Å². The fraction of sp³-hybridized carbons (Fsp3) is 0.211. The topological polar surface area (TPSA) is 94.2 Å². The summed E-state index contributed by atoms with van der Waals surface area (Å²) >= 11 is 0. The highest BCUT2D eigenvalue weighted by molar-refractivity contribution is 6.08. The first kappa shape index (κ1) is 19.6. The third kappa shape index (κ3) is 3.27. The van der Waals surface area contributed by atoms with Gasteiger partial charge in [-0.25, -0.2) is 9.67 Å². The van der Waals surface area contributed by atoms with Crippen molar-refractivity contribution in [3.63, 3.8) is 0 Å². The molecule has 0 spiro atoms. The SMILES string of the molecule is Cc1c(C(=O)N2CCc3ccc([N+](=O)[O-])cc32)cnn1-c1ccc(C(F)(F)F)cn1. The Kier molecular flexibility index (Phi) is 4.52. The third-order valence-corrected chi connectivity index (χ3v) is 4.95. The minimum atomic E-state index is -4.50. The summed E-state index contributed by atoms with van der Waals surface area (Å²) in [7, 11) is 0. The second-order valence-electron chi connectivity index (χ2n) is 6.74. The number of halogens is 3. The lowest BCUT2D eigenvalue weighted by Gasteiger charge is -2.17. The number of hydrogen-bond acceptors (Lipinski definition) is 5. The fourth-order valence-corrected chi connectivity index (χ4v) is 3.37. The number of pyridine rings is 1. The van der Waals surface area contributed by atoms with E-state index < -0.39 is 22.6 Å². The summed E-state index contributed by atoms with van der Waals surface area (Å²) in [6.45, 7) is 1.96. The molecule has 11 heteroatoms. The molecule has 3 heterocycles. The van der Waals surface area contributed by atoms with E-state index in [0.29, 0.717) is 30.5 Å². The normalized spacial score (nSPS) is 13.4. The highest BCUT2D eigenvalue weighted by Crippen LogP contribution is 2.33.